The Kier molecular flexibility index (Phi) is 2.83. The minimum Gasteiger partial charge on any atom is -0.287 e. The van der Waals surface area contributed by atoms with E-state index in [0.717, 1.165) is 11.8 Å². The van der Waals surface area contributed by atoms with Crippen molar-refractivity contribution in [3.8, 4) is 6.07 Å². The van der Waals surface area contributed by atoms with Gasteiger partial charge in [0.05, 0.1) is 4.90 Å². The summed E-state index contributed by atoms with van der Waals surface area (Å²) in [6.45, 7) is 1.46. The summed E-state index contributed by atoms with van der Waals surface area (Å²) in [7, 11) is 0. The highest BCUT2D eigenvalue weighted by Gasteiger charge is 2.04. The molecule has 0 saturated heterocycles. The van der Waals surface area contributed by atoms with Crippen LogP contribution >= 0.6 is 11.8 Å². The van der Waals surface area contributed by atoms with E-state index in [2.05, 4.69) is 4.98 Å². The van der Waals surface area contributed by atoms with Crippen molar-refractivity contribution < 1.29 is 4.79 Å². The average molecular weight is 178 g/mol. The van der Waals surface area contributed by atoms with E-state index in [1.54, 1.807) is 12.1 Å². The van der Waals surface area contributed by atoms with Crippen molar-refractivity contribution >= 4 is 16.9 Å². The number of pyridine rings is 1. The number of aromatic nitrogens is 1. The third-order valence-corrected chi connectivity index (χ3v) is 1.97. The van der Waals surface area contributed by atoms with Gasteiger partial charge in [-0.15, -0.1) is 0 Å². The molecule has 3 nitrogen and oxygen atoms in total. The Labute approximate surface area is 74.4 Å². The summed E-state index contributed by atoms with van der Waals surface area (Å²) in [5.41, 5.74) is 0.303. The van der Waals surface area contributed by atoms with E-state index in [1.165, 1.54) is 13.1 Å². The molecule has 0 amide bonds. The summed E-state index contributed by atoms with van der Waals surface area (Å²) in [5, 5.41) is 8.55. The Balaban J connectivity index is 2.99. The highest BCUT2D eigenvalue weighted by molar-refractivity contribution is 8.13. The van der Waals surface area contributed by atoms with Crippen molar-refractivity contribution in [2.45, 2.75) is 11.8 Å². The lowest BCUT2D eigenvalue weighted by molar-refractivity contribution is -0.109. The molecule has 0 saturated carbocycles. The molecule has 0 N–H and O–H groups in total. The van der Waals surface area contributed by atoms with E-state index < -0.39 is 0 Å². The lowest BCUT2D eigenvalue weighted by atomic mass is 10.4. The molecule has 0 spiro atoms. The van der Waals surface area contributed by atoms with E-state index >= 15 is 0 Å². The summed E-state index contributed by atoms with van der Waals surface area (Å²) in [5.74, 6) is 0. The zero-order valence-corrected chi connectivity index (χ0v) is 7.26. The minimum atomic E-state index is -0.0421. The van der Waals surface area contributed by atoms with Crippen LogP contribution in [0.25, 0.3) is 0 Å². The van der Waals surface area contributed by atoms with Gasteiger partial charge in [-0.1, -0.05) is 0 Å². The molecule has 0 aromatic carbocycles. The van der Waals surface area contributed by atoms with Gasteiger partial charge in [-0.3, -0.25) is 4.79 Å². The first-order valence-corrected chi connectivity index (χ1v) is 4.09. The van der Waals surface area contributed by atoms with E-state index in [4.69, 9.17) is 5.26 Å². The predicted molar refractivity (Wildman–Crippen MR) is 45.5 cm³/mol. The molecule has 1 aromatic heterocycles. The molecule has 12 heavy (non-hydrogen) atoms. The topological polar surface area (TPSA) is 53.8 Å². The second kappa shape index (κ2) is 3.88. The van der Waals surface area contributed by atoms with Gasteiger partial charge in [-0.2, -0.15) is 5.26 Å². The summed E-state index contributed by atoms with van der Waals surface area (Å²) >= 11 is 1.03. The van der Waals surface area contributed by atoms with Gasteiger partial charge in [0.25, 0.3) is 0 Å². The molecule has 0 fully saturated rings. The van der Waals surface area contributed by atoms with Gasteiger partial charge in [0.15, 0.2) is 10.8 Å². The molecular formula is C8H6N2OS. The lowest BCUT2D eigenvalue weighted by Crippen LogP contribution is -1.88. The van der Waals surface area contributed by atoms with Crippen LogP contribution in [0.4, 0.5) is 0 Å². The van der Waals surface area contributed by atoms with Gasteiger partial charge in [0.2, 0.25) is 0 Å². The molecule has 0 radical (unpaired) electrons. The van der Waals surface area contributed by atoms with Crippen LogP contribution < -0.4 is 0 Å². The van der Waals surface area contributed by atoms with Gasteiger partial charge in [0, 0.05) is 13.1 Å². The van der Waals surface area contributed by atoms with Crippen LogP contribution in [-0.2, 0) is 4.79 Å². The van der Waals surface area contributed by atoms with Crippen LogP contribution in [-0.4, -0.2) is 10.1 Å². The Morgan fingerprint density at radius 3 is 3.08 bits per heavy atom. The summed E-state index contributed by atoms with van der Waals surface area (Å²) in [6.07, 6.45) is 1.53. The van der Waals surface area contributed by atoms with Crippen LogP contribution in [0.1, 0.15) is 12.6 Å². The number of hydrogen-bond donors (Lipinski definition) is 0. The molecule has 1 heterocycles. The molecule has 60 valence electrons. The standard InChI is InChI=1S/C8H6N2OS/c1-6(11)12-8-3-2-4-10-7(8)5-9/h2-4H,1H3. The largest absolute Gasteiger partial charge is 0.287 e. The van der Waals surface area contributed by atoms with Gasteiger partial charge in [-0.05, 0) is 23.9 Å². The number of carbonyl (C=O) groups excluding carboxylic acids is 1. The number of hydrogen-bond acceptors (Lipinski definition) is 4. The fourth-order valence-corrected chi connectivity index (χ4v) is 1.36. The number of nitrogens with zero attached hydrogens (tertiary/aromatic N) is 2. The molecule has 0 bridgehead atoms. The molecule has 1 aromatic rings. The van der Waals surface area contributed by atoms with Crippen molar-refractivity contribution in [3.05, 3.63) is 24.0 Å². The average Bonchev–Trinajstić information content (AvgIpc) is 2.04. The normalized spacial score (nSPS) is 9.00. The van der Waals surface area contributed by atoms with Crippen molar-refractivity contribution in [1.29, 1.82) is 5.26 Å². The van der Waals surface area contributed by atoms with E-state index in [0.29, 0.717) is 10.6 Å². The molecule has 1 rings (SSSR count). The van der Waals surface area contributed by atoms with E-state index in [-0.39, 0.29) is 5.12 Å². The van der Waals surface area contributed by atoms with Crippen molar-refractivity contribution in [2.75, 3.05) is 0 Å². The second-order valence-corrected chi connectivity index (χ2v) is 3.27. The van der Waals surface area contributed by atoms with Crippen molar-refractivity contribution in [2.24, 2.45) is 0 Å². The van der Waals surface area contributed by atoms with Crippen molar-refractivity contribution in [1.82, 2.24) is 4.98 Å². The summed E-state index contributed by atoms with van der Waals surface area (Å²) in [4.78, 5) is 15.1. The molecule has 0 aliphatic heterocycles. The van der Waals surface area contributed by atoms with Crippen LogP contribution in [0.3, 0.4) is 0 Å². The summed E-state index contributed by atoms with van der Waals surface area (Å²) in [6, 6.07) is 5.32. The molecular weight excluding hydrogens is 172 g/mol. The fourth-order valence-electron chi connectivity index (χ4n) is 0.712. The van der Waals surface area contributed by atoms with Crippen molar-refractivity contribution in [3.63, 3.8) is 0 Å². The maximum absolute atomic E-state index is 10.7. The quantitative estimate of drug-likeness (QED) is 0.613. The maximum Gasteiger partial charge on any atom is 0.190 e. The Morgan fingerprint density at radius 2 is 2.50 bits per heavy atom. The van der Waals surface area contributed by atoms with Gasteiger partial charge < -0.3 is 0 Å². The molecule has 4 heteroatoms. The monoisotopic (exact) mass is 178 g/mol. The minimum absolute atomic E-state index is 0.0421. The SMILES string of the molecule is CC(=O)Sc1cccnc1C#N. The predicted octanol–water partition coefficient (Wildman–Crippen LogP) is 1.59. The third-order valence-electron chi connectivity index (χ3n) is 1.13. The molecule has 0 aliphatic rings. The third kappa shape index (κ3) is 2.07. The Hall–Kier alpha value is -1.34. The smallest absolute Gasteiger partial charge is 0.190 e. The van der Waals surface area contributed by atoms with Crippen LogP contribution in [0.2, 0.25) is 0 Å². The van der Waals surface area contributed by atoms with E-state index in [9.17, 15) is 4.79 Å². The fraction of sp³-hybridized carbons (Fsp3) is 0.125. The Bertz CT molecular complexity index is 343. The molecule has 0 aliphatic carbocycles. The van der Waals surface area contributed by atoms with Gasteiger partial charge in [0.1, 0.15) is 6.07 Å². The van der Waals surface area contributed by atoms with E-state index in [1.807, 2.05) is 6.07 Å². The summed E-state index contributed by atoms with van der Waals surface area (Å²) < 4.78 is 0. The van der Waals surface area contributed by atoms with Crippen LogP contribution in [0, 0.1) is 11.3 Å². The van der Waals surface area contributed by atoms with Crippen LogP contribution in [0.15, 0.2) is 23.2 Å². The Morgan fingerprint density at radius 1 is 1.75 bits per heavy atom. The van der Waals surface area contributed by atoms with Gasteiger partial charge in [-0.25, -0.2) is 4.98 Å². The first kappa shape index (κ1) is 8.75. The second-order valence-electron chi connectivity index (χ2n) is 2.06. The maximum atomic E-state index is 10.7. The number of carbonyl (C=O) groups is 1. The number of thioether (sulfide) groups is 1. The lowest BCUT2D eigenvalue weighted by Gasteiger charge is -1.96. The highest BCUT2D eigenvalue weighted by Crippen LogP contribution is 2.20. The van der Waals surface area contributed by atoms with Gasteiger partial charge >= 0.3 is 0 Å². The molecule has 0 atom stereocenters. The number of rotatable bonds is 1. The van der Waals surface area contributed by atoms with Crippen LogP contribution in [0.5, 0.6) is 0 Å². The zero-order chi connectivity index (χ0) is 8.97. The highest BCUT2D eigenvalue weighted by atomic mass is 32.2. The molecule has 0 unspecified atom stereocenters. The zero-order valence-electron chi connectivity index (χ0n) is 6.44. The number of nitriles is 1. The first-order valence-electron chi connectivity index (χ1n) is 3.27. The first-order chi connectivity index (χ1) is 5.74.